The number of rotatable bonds is 7. The Morgan fingerprint density at radius 2 is 2.38 bits per heavy atom. The van der Waals surface area contributed by atoms with Crippen molar-refractivity contribution in [2.24, 2.45) is 5.73 Å². The molecular formula is C13H20N2O. The molecule has 16 heavy (non-hydrogen) atoms. The minimum Gasteiger partial charge on any atom is -0.497 e. The average molecular weight is 220 g/mol. The summed E-state index contributed by atoms with van der Waals surface area (Å²) in [7, 11) is 1.67. The zero-order valence-corrected chi connectivity index (χ0v) is 9.78. The molecule has 1 aromatic carbocycles. The molecule has 0 heterocycles. The number of methoxy groups -OCH3 is 1. The third-order valence-corrected chi connectivity index (χ3v) is 2.47. The van der Waals surface area contributed by atoms with E-state index < -0.39 is 0 Å². The molecule has 1 unspecified atom stereocenters. The van der Waals surface area contributed by atoms with Crippen molar-refractivity contribution in [2.45, 2.75) is 12.5 Å². The van der Waals surface area contributed by atoms with Gasteiger partial charge in [0.15, 0.2) is 0 Å². The van der Waals surface area contributed by atoms with Gasteiger partial charge in [0.1, 0.15) is 5.75 Å². The van der Waals surface area contributed by atoms with E-state index in [0.717, 1.165) is 24.3 Å². The summed E-state index contributed by atoms with van der Waals surface area (Å²) in [5.74, 6) is 0.862. The molecule has 0 saturated heterocycles. The smallest absolute Gasteiger partial charge is 0.119 e. The number of nitrogens with two attached hydrogens (primary N) is 1. The van der Waals surface area contributed by atoms with Crippen LogP contribution in [0.4, 0.5) is 0 Å². The summed E-state index contributed by atoms with van der Waals surface area (Å²) in [5, 5.41) is 3.39. The van der Waals surface area contributed by atoms with Gasteiger partial charge in [0, 0.05) is 12.6 Å². The molecule has 88 valence electrons. The highest BCUT2D eigenvalue weighted by Gasteiger charge is 2.08. The van der Waals surface area contributed by atoms with Gasteiger partial charge in [0.05, 0.1) is 7.11 Å². The summed E-state index contributed by atoms with van der Waals surface area (Å²) in [4.78, 5) is 0. The first-order valence-corrected chi connectivity index (χ1v) is 5.50. The Balaban J connectivity index is 2.65. The molecule has 1 atom stereocenters. The van der Waals surface area contributed by atoms with E-state index in [1.807, 2.05) is 24.3 Å². The monoisotopic (exact) mass is 220 g/mol. The van der Waals surface area contributed by atoms with Crippen LogP contribution < -0.4 is 15.8 Å². The van der Waals surface area contributed by atoms with E-state index in [1.165, 1.54) is 0 Å². The molecule has 3 N–H and O–H groups in total. The molecule has 0 aliphatic carbocycles. The highest BCUT2D eigenvalue weighted by molar-refractivity contribution is 5.30. The van der Waals surface area contributed by atoms with Gasteiger partial charge in [0.25, 0.3) is 0 Å². The quantitative estimate of drug-likeness (QED) is 0.544. The van der Waals surface area contributed by atoms with Crippen molar-refractivity contribution in [2.75, 3.05) is 20.2 Å². The lowest BCUT2D eigenvalue weighted by Crippen LogP contribution is -2.28. The van der Waals surface area contributed by atoms with Crippen molar-refractivity contribution in [1.82, 2.24) is 5.32 Å². The Morgan fingerprint density at radius 1 is 1.56 bits per heavy atom. The molecule has 0 amide bonds. The predicted octanol–water partition coefficient (Wildman–Crippen LogP) is 1.86. The van der Waals surface area contributed by atoms with E-state index >= 15 is 0 Å². The topological polar surface area (TPSA) is 47.3 Å². The van der Waals surface area contributed by atoms with Crippen molar-refractivity contribution in [3.8, 4) is 5.75 Å². The lowest BCUT2D eigenvalue weighted by molar-refractivity contribution is 0.413. The summed E-state index contributed by atoms with van der Waals surface area (Å²) in [6.45, 7) is 5.16. The van der Waals surface area contributed by atoms with Crippen LogP contribution in [0, 0.1) is 0 Å². The van der Waals surface area contributed by atoms with Gasteiger partial charge in [-0.05, 0) is 30.7 Å². The van der Waals surface area contributed by atoms with Crippen LogP contribution in [0.1, 0.15) is 18.0 Å². The van der Waals surface area contributed by atoms with Crippen LogP contribution in [-0.2, 0) is 0 Å². The van der Waals surface area contributed by atoms with Crippen molar-refractivity contribution in [3.05, 3.63) is 42.5 Å². The van der Waals surface area contributed by atoms with Gasteiger partial charge < -0.3 is 15.8 Å². The molecule has 3 nitrogen and oxygen atoms in total. The van der Waals surface area contributed by atoms with Crippen LogP contribution >= 0.6 is 0 Å². The highest BCUT2D eigenvalue weighted by Crippen LogP contribution is 2.18. The van der Waals surface area contributed by atoms with Gasteiger partial charge in [0.2, 0.25) is 0 Å². The first-order valence-electron chi connectivity index (χ1n) is 5.50. The summed E-state index contributed by atoms with van der Waals surface area (Å²) in [6.07, 6.45) is 2.84. The Morgan fingerprint density at radius 3 is 3.00 bits per heavy atom. The zero-order chi connectivity index (χ0) is 11.8. The van der Waals surface area contributed by atoms with Crippen molar-refractivity contribution in [3.63, 3.8) is 0 Å². The third-order valence-electron chi connectivity index (χ3n) is 2.47. The lowest BCUT2D eigenvalue weighted by atomic mass is 10.1. The maximum Gasteiger partial charge on any atom is 0.119 e. The van der Waals surface area contributed by atoms with Gasteiger partial charge in [-0.3, -0.25) is 0 Å². The molecule has 0 spiro atoms. The summed E-state index contributed by atoms with van der Waals surface area (Å²) < 4.78 is 5.19. The molecule has 0 bridgehead atoms. The summed E-state index contributed by atoms with van der Waals surface area (Å²) in [6, 6.07) is 8.15. The van der Waals surface area contributed by atoms with Gasteiger partial charge in [-0.25, -0.2) is 0 Å². The summed E-state index contributed by atoms with van der Waals surface area (Å²) in [5.41, 5.74) is 6.91. The van der Waals surface area contributed by atoms with Crippen LogP contribution in [0.25, 0.3) is 0 Å². The molecule has 0 radical (unpaired) electrons. The number of hydrogen-bond acceptors (Lipinski definition) is 3. The van der Waals surface area contributed by atoms with Crippen molar-refractivity contribution in [1.29, 1.82) is 0 Å². The molecule has 0 aliphatic heterocycles. The predicted molar refractivity (Wildman–Crippen MR) is 67.6 cm³/mol. The second-order valence-corrected chi connectivity index (χ2v) is 3.60. The van der Waals surface area contributed by atoms with Crippen LogP contribution in [-0.4, -0.2) is 20.2 Å². The van der Waals surface area contributed by atoms with E-state index in [4.69, 9.17) is 10.5 Å². The van der Waals surface area contributed by atoms with E-state index in [-0.39, 0.29) is 6.04 Å². The second kappa shape index (κ2) is 7.04. The largest absolute Gasteiger partial charge is 0.497 e. The molecular weight excluding hydrogens is 200 g/mol. The minimum absolute atomic E-state index is 0.176. The van der Waals surface area contributed by atoms with E-state index in [1.54, 1.807) is 7.11 Å². The highest BCUT2D eigenvalue weighted by atomic mass is 16.5. The van der Waals surface area contributed by atoms with Crippen molar-refractivity contribution >= 4 is 0 Å². The molecule has 1 aromatic rings. The fourth-order valence-corrected chi connectivity index (χ4v) is 1.56. The summed E-state index contributed by atoms with van der Waals surface area (Å²) >= 11 is 0. The van der Waals surface area contributed by atoms with Gasteiger partial charge in [-0.1, -0.05) is 18.2 Å². The SMILES string of the molecule is C=CCCNC(CN)c1cccc(OC)c1. The van der Waals surface area contributed by atoms with Crippen molar-refractivity contribution < 1.29 is 4.74 Å². The number of ether oxygens (including phenoxy) is 1. The Labute approximate surface area is 97.3 Å². The molecule has 0 fully saturated rings. The Hall–Kier alpha value is -1.32. The lowest BCUT2D eigenvalue weighted by Gasteiger charge is -2.17. The zero-order valence-electron chi connectivity index (χ0n) is 9.78. The molecule has 3 heteroatoms. The first kappa shape index (κ1) is 12.7. The molecule has 0 aromatic heterocycles. The molecule has 1 rings (SSSR count). The van der Waals surface area contributed by atoms with Gasteiger partial charge in [-0.15, -0.1) is 6.58 Å². The van der Waals surface area contributed by atoms with E-state index in [0.29, 0.717) is 6.54 Å². The standard InChI is InChI=1S/C13H20N2O/c1-3-4-8-15-13(10-14)11-6-5-7-12(9-11)16-2/h3,5-7,9,13,15H,1,4,8,10,14H2,2H3. The normalized spacial score (nSPS) is 12.1. The fourth-order valence-electron chi connectivity index (χ4n) is 1.56. The van der Waals surface area contributed by atoms with Crippen LogP contribution in [0.3, 0.4) is 0 Å². The number of nitrogens with one attached hydrogen (secondary N) is 1. The third kappa shape index (κ3) is 3.68. The van der Waals surface area contributed by atoms with Gasteiger partial charge in [-0.2, -0.15) is 0 Å². The van der Waals surface area contributed by atoms with Crippen LogP contribution in [0.15, 0.2) is 36.9 Å². The van der Waals surface area contributed by atoms with Crippen LogP contribution in [0.2, 0.25) is 0 Å². The van der Waals surface area contributed by atoms with E-state index in [2.05, 4.69) is 18.0 Å². The number of benzene rings is 1. The maximum absolute atomic E-state index is 5.75. The Bertz CT molecular complexity index is 325. The number of hydrogen-bond donors (Lipinski definition) is 2. The molecule has 0 saturated carbocycles. The van der Waals surface area contributed by atoms with E-state index in [9.17, 15) is 0 Å². The first-order chi connectivity index (χ1) is 7.81. The maximum atomic E-state index is 5.75. The Kier molecular flexibility index (Phi) is 5.61. The minimum atomic E-state index is 0.176. The van der Waals surface area contributed by atoms with Gasteiger partial charge >= 0.3 is 0 Å². The molecule has 0 aliphatic rings. The second-order valence-electron chi connectivity index (χ2n) is 3.60. The fraction of sp³-hybridized carbons (Fsp3) is 0.385. The van der Waals surface area contributed by atoms with Crippen LogP contribution in [0.5, 0.6) is 5.75 Å². The average Bonchev–Trinajstić information content (AvgIpc) is 2.35.